The summed E-state index contributed by atoms with van der Waals surface area (Å²) in [4.78, 5) is 16.5. The number of aromatic nitrogens is 3. The third kappa shape index (κ3) is 5.21. The van der Waals surface area contributed by atoms with Gasteiger partial charge in [0, 0.05) is 56.4 Å². The lowest BCUT2D eigenvalue weighted by molar-refractivity contribution is 0.0853. The third-order valence-corrected chi connectivity index (χ3v) is 6.97. The van der Waals surface area contributed by atoms with Gasteiger partial charge in [0.15, 0.2) is 17.5 Å². The van der Waals surface area contributed by atoms with Gasteiger partial charge in [-0.05, 0) is 68.0 Å². The Kier molecular flexibility index (Phi) is 7.18. The SMILES string of the molecule is Cc1cnc(NC/C=C(\C=C/N)c2nc3c(c(N(C)C4CCOCC4)n2)C(C2CC2)=CNC3)c(F)c1. The number of nitrogens with one attached hydrogen (secondary N) is 2. The number of nitrogens with zero attached hydrogens (tertiary/aromatic N) is 4. The van der Waals surface area contributed by atoms with E-state index in [0.29, 0.717) is 30.9 Å². The average molecular weight is 492 g/mol. The molecule has 9 heteroatoms. The maximum absolute atomic E-state index is 14.2. The third-order valence-electron chi connectivity index (χ3n) is 6.97. The molecule has 1 saturated carbocycles. The molecule has 0 amide bonds. The number of anilines is 2. The number of pyridine rings is 1. The van der Waals surface area contributed by atoms with E-state index in [-0.39, 0.29) is 11.6 Å². The predicted octanol–water partition coefficient (Wildman–Crippen LogP) is 3.76. The standard InChI is InChI=1S/C27H34FN7O/c1-17-13-22(28)26(32-14-17)31-10-6-19(5-9-29)25-33-23-16-30-15-21(18-3-4-18)24(23)27(34-25)35(2)20-7-11-36-12-8-20/h5-6,9,13-15,18,20,30H,3-4,7-8,10-12,16,29H2,1-2H3,(H,31,32)/b9-5-,19-6+. The average Bonchev–Trinajstić information content (AvgIpc) is 3.74. The summed E-state index contributed by atoms with van der Waals surface area (Å²) >= 11 is 0. The van der Waals surface area contributed by atoms with Gasteiger partial charge in [0.05, 0.1) is 12.2 Å². The van der Waals surface area contributed by atoms with Crippen molar-refractivity contribution in [3.05, 3.63) is 65.3 Å². The van der Waals surface area contributed by atoms with E-state index in [0.717, 1.165) is 54.3 Å². The lowest BCUT2D eigenvalue weighted by Gasteiger charge is -2.35. The first kappa shape index (κ1) is 24.2. The summed E-state index contributed by atoms with van der Waals surface area (Å²) in [6, 6.07) is 1.82. The molecule has 8 nitrogen and oxygen atoms in total. The van der Waals surface area contributed by atoms with Gasteiger partial charge in [0.1, 0.15) is 5.82 Å². The summed E-state index contributed by atoms with van der Waals surface area (Å²) in [5.74, 6) is 1.95. The number of allylic oxidation sites excluding steroid dienone is 3. The van der Waals surface area contributed by atoms with E-state index >= 15 is 0 Å². The summed E-state index contributed by atoms with van der Waals surface area (Å²) < 4.78 is 19.8. The molecule has 36 heavy (non-hydrogen) atoms. The largest absolute Gasteiger partial charge is 0.405 e. The summed E-state index contributed by atoms with van der Waals surface area (Å²) in [6.45, 7) is 4.33. The maximum atomic E-state index is 14.2. The Morgan fingerprint density at radius 3 is 2.81 bits per heavy atom. The minimum absolute atomic E-state index is 0.211. The molecule has 0 spiro atoms. The van der Waals surface area contributed by atoms with Gasteiger partial charge in [0.25, 0.3) is 0 Å². The summed E-state index contributed by atoms with van der Waals surface area (Å²) in [5.41, 5.74) is 10.8. The Morgan fingerprint density at radius 1 is 1.28 bits per heavy atom. The van der Waals surface area contributed by atoms with E-state index in [4.69, 9.17) is 20.4 Å². The van der Waals surface area contributed by atoms with E-state index in [1.165, 1.54) is 30.7 Å². The van der Waals surface area contributed by atoms with Gasteiger partial charge in [-0.15, -0.1) is 0 Å². The van der Waals surface area contributed by atoms with Crippen LogP contribution in [0.2, 0.25) is 0 Å². The van der Waals surface area contributed by atoms with Gasteiger partial charge < -0.3 is 26.0 Å². The minimum atomic E-state index is -0.379. The zero-order valence-electron chi connectivity index (χ0n) is 20.9. The van der Waals surface area contributed by atoms with Gasteiger partial charge in [-0.1, -0.05) is 6.08 Å². The highest BCUT2D eigenvalue weighted by atomic mass is 19.1. The van der Waals surface area contributed by atoms with Crippen LogP contribution in [0.4, 0.5) is 16.0 Å². The molecule has 4 N–H and O–H groups in total. The second-order valence-corrected chi connectivity index (χ2v) is 9.64. The molecule has 0 bridgehead atoms. The zero-order chi connectivity index (χ0) is 25.1. The van der Waals surface area contributed by atoms with Crippen molar-refractivity contribution in [2.45, 2.75) is 45.2 Å². The van der Waals surface area contributed by atoms with Crippen molar-refractivity contribution in [1.29, 1.82) is 0 Å². The molecule has 3 aliphatic rings. The van der Waals surface area contributed by atoms with E-state index in [2.05, 4.69) is 33.8 Å². The van der Waals surface area contributed by atoms with Crippen molar-refractivity contribution >= 4 is 22.8 Å². The Balaban J connectivity index is 1.50. The predicted molar refractivity (Wildman–Crippen MR) is 141 cm³/mol. The molecule has 1 saturated heterocycles. The minimum Gasteiger partial charge on any atom is -0.405 e. The molecular formula is C27H34FN7O. The molecule has 0 radical (unpaired) electrons. The highest BCUT2D eigenvalue weighted by Crippen LogP contribution is 2.46. The highest BCUT2D eigenvalue weighted by molar-refractivity contribution is 5.81. The molecule has 5 rings (SSSR count). The van der Waals surface area contributed by atoms with Crippen molar-refractivity contribution in [2.75, 3.05) is 37.0 Å². The first-order valence-corrected chi connectivity index (χ1v) is 12.6. The molecule has 0 aromatic carbocycles. The fourth-order valence-electron chi connectivity index (χ4n) is 4.85. The highest BCUT2D eigenvalue weighted by Gasteiger charge is 2.34. The van der Waals surface area contributed by atoms with Crippen LogP contribution >= 0.6 is 0 Å². The number of nitrogens with two attached hydrogens (primary N) is 1. The zero-order valence-corrected chi connectivity index (χ0v) is 20.9. The number of rotatable bonds is 8. The molecule has 2 aromatic heterocycles. The molecule has 2 aliphatic heterocycles. The van der Waals surface area contributed by atoms with Gasteiger partial charge in [0.2, 0.25) is 0 Å². The lowest BCUT2D eigenvalue weighted by atomic mass is 9.96. The second-order valence-electron chi connectivity index (χ2n) is 9.64. The Hall–Kier alpha value is -3.46. The molecular weight excluding hydrogens is 457 g/mol. The van der Waals surface area contributed by atoms with Crippen LogP contribution in [0.15, 0.2) is 36.8 Å². The van der Waals surface area contributed by atoms with Crippen LogP contribution in [0, 0.1) is 18.7 Å². The topological polar surface area (TPSA) is 101 Å². The monoisotopic (exact) mass is 491 g/mol. The summed E-state index contributed by atoms with van der Waals surface area (Å²) in [7, 11) is 2.13. The van der Waals surface area contributed by atoms with E-state index < -0.39 is 0 Å². The fraction of sp³-hybridized carbons (Fsp3) is 0.444. The Morgan fingerprint density at radius 2 is 2.08 bits per heavy atom. The van der Waals surface area contributed by atoms with Crippen LogP contribution in [0.5, 0.6) is 0 Å². The first-order chi connectivity index (χ1) is 17.5. The van der Waals surface area contributed by atoms with Crippen LogP contribution in [-0.4, -0.2) is 47.8 Å². The van der Waals surface area contributed by atoms with E-state index in [1.54, 1.807) is 12.3 Å². The quantitative estimate of drug-likeness (QED) is 0.480. The van der Waals surface area contributed by atoms with Crippen molar-refractivity contribution in [2.24, 2.45) is 11.7 Å². The van der Waals surface area contributed by atoms with Crippen LogP contribution in [0.25, 0.3) is 11.1 Å². The molecule has 0 unspecified atom stereocenters. The van der Waals surface area contributed by atoms with Crippen molar-refractivity contribution in [3.63, 3.8) is 0 Å². The van der Waals surface area contributed by atoms with Crippen LogP contribution in [0.3, 0.4) is 0 Å². The molecule has 2 aromatic rings. The molecule has 2 fully saturated rings. The van der Waals surface area contributed by atoms with Crippen LogP contribution < -0.4 is 21.3 Å². The Labute approximate surface area is 211 Å². The number of hydrogen-bond acceptors (Lipinski definition) is 8. The van der Waals surface area contributed by atoms with Crippen LogP contribution in [0.1, 0.15) is 48.3 Å². The van der Waals surface area contributed by atoms with Gasteiger partial charge in [-0.3, -0.25) is 0 Å². The van der Waals surface area contributed by atoms with Crippen LogP contribution in [-0.2, 0) is 11.3 Å². The van der Waals surface area contributed by atoms with Crippen molar-refractivity contribution in [3.8, 4) is 0 Å². The summed E-state index contributed by atoms with van der Waals surface area (Å²) in [5, 5.41) is 6.46. The van der Waals surface area contributed by atoms with E-state index in [9.17, 15) is 4.39 Å². The van der Waals surface area contributed by atoms with Gasteiger partial charge >= 0.3 is 0 Å². The van der Waals surface area contributed by atoms with E-state index in [1.807, 2.05) is 13.0 Å². The number of halogens is 1. The van der Waals surface area contributed by atoms with Gasteiger partial charge in [-0.25, -0.2) is 19.3 Å². The molecule has 190 valence electrons. The first-order valence-electron chi connectivity index (χ1n) is 12.6. The summed E-state index contributed by atoms with van der Waals surface area (Å²) in [6.07, 6.45) is 13.3. The number of aryl methyl sites for hydroxylation is 1. The Bertz CT molecular complexity index is 1200. The molecule has 1 aliphatic carbocycles. The normalized spacial score (nSPS) is 18.5. The second kappa shape index (κ2) is 10.7. The van der Waals surface area contributed by atoms with Crippen molar-refractivity contribution in [1.82, 2.24) is 20.3 Å². The maximum Gasteiger partial charge on any atom is 0.165 e. The number of ether oxygens (including phenoxy) is 1. The van der Waals surface area contributed by atoms with Crippen molar-refractivity contribution < 1.29 is 9.13 Å². The molecule has 4 heterocycles. The number of hydrogen-bond donors (Lipinski definition) is 3. The molecule has 0 atom stereocenters. The lowest BCUT2D eigenvalue weighted by Crippen LogP contribution is -2.38. The van der Waals surface area contributed by atoms with Gasteiger partial charge in [-0.2, -0.15) is 0 Å². The fourth-order valence-corrected chi connectivity index (χ4v) is 4.85. The number of fused-ring (bicyclic) bond motifs is 1. The smallest absolute Gasteiger partial charge is 0.165 e.